The minimum Gasteiger partial charge on any atom is -0.386 e. The van der Waals surface area contributed by atoms with Gasteiger partial charge in [0.1, 0.15) is 6.10 Å². The Balaban J connectivity index is 1.33. The summed E-state index contributed by atoms with van der Waals surface area (Å²) in [6.07, 6.45) is 6.64. The predicted octanol–water partition coefficient (Wildman–Crippen LogP) is 2.18. The predicted molar refractivity (Wildman–Crippen MR) is 104 cm³/mol. The van der Waals surface area contributed by atoms with E-state index >= 15 is 0 Å². The van der Waals surface area contributed by atoms with Crippen LogP contribution >= 0.6 is 0 Å². The number of carbonyl (C=O) groups excluding carboxylic acids is 1. The van der Waals surface area contributed by atoms with Crippen LogP contribution in [0.1, 0.15) is 35.9 Å². The van der Waals surface area contributed by atoms with Crippen LogP contribution in [0.4, 0.5) is 0 Å². The highest BCUT2D eigenvalue weighted by Crippen LogP contribution is 2.21. The molecule has 28 heavy (non-hydrogen) atoms. The summed E-state index contributed by atoms with van der Waals surface area (Å²) < 4.78 is 3.90. The molecule has 0 bridgehead atoms. The summed E-state index contributed by atoms with van der Waals surface area (Å²) in [4.78, 5) is 18.4. The molecule has 7 heteroatoms. The number of hydrogen-bond donors (Lipinski definition) is 1. The number of carbonyl (C=O) groups is 1. The number of aliphatic hydroxyl groups excluding tert-OH is 1. The molecule has 1 atom stereocenters. The molecule has 0 fully saturated rings. The van der Waals surface area contributed by atoms with Gasteiger partial charge < -0.3 is 14.6 Å². The zero-order valence-electron chi connectivity index (χ0n) is 15.8. The van der Waals surface area contributed by atoms with E-state index in [0.717, 1.165) is 24.2 Å². The van der Waals surface area contributed by atoms with Gasteiger partial charge in [0.25, 0.3) is 0 Å². The maximum Gasteiger partial charge on any atom is 0.223 e. The van der Waals surface area contributed by atoms with Gasteiger partial charge in [-0.05, 0) is 18.1 Å². The fourth-order valence-corrected chi connectivity index (χ4v) is 3.60. The third kappa shape index (κ3) is 4.31. The summed E-state index contributed by atoms with van der Waals surface area (Å²) in [5.74, 6) is 0.166. The standard InChI is InChI=1S/C21H25N5O2/c27-20(13-17-5-2-1-3-6-17)19-14-18-15-25(11-12-26(18)23-19)21(28)7-4-9-24-10-8-22-16-24/h1-3,5-6,8,10,14,16,20,27H,4,7,9,11-13,15H2/t20-/m0/s1. The maximum atomic E-state index is 12.5. The van der Waals surface area contributed by atoms with Crippen LogP contribution in [0.25, 0.3) is 0 Å². The first-order valence-corrected chi connectivity index (χ1v) is 9.71. The molecule has 0 saturated heterocycles. The van der Waals surface area contributed by atoms with Crippen molar-refractivity contribution in [1.29, 1.82) is 0 Å². The Labute approximate surface area is 164 Å². The molecule has 2 aromatic heterocycles. The van der Waals surface area contributed by atoms with Gasteiger partial charge >= 0.3 is 0 Å². The number of rotatable bonds is 7. The van der Waals surface area contributed by atoms with Crippen molar-refractivity contribution in [1.82, 2.24) is 24.2 Å². The van der Waals surface area contributed by atoms with E-state index in [9.17, 15) is 9.90 Å². The van der Waals surface area contributed by atoms with Crippen LogP contribution in [-0.4, -0.2) is 41.8 Å². The molecule has 4 rings (SSSR count). The largest absolute Gasteiger partial charge is 0.386 e. The molecule has 3 heterocycles. The van der Waals surface area contributed by atoms with Crippen molar-refractivity contribution in [3.05, 3.63) is 72.1 Å². The molecule has 0 aliphatic carbocycles. The van der Waals surface area contributed by atoms with Gasteiger partial charge in [-0.25, -0.2) is 4.98 Å². The van der Waals surface area contributed by atoms with Gasteiger partial charge in [0, 0.05) is 38.3 Å². The van der Waals surface area contributed by atoms with Gasteiger partial charge in [0.05, 0.1) is 30.8 Å². The molecule has 1 N–H and O–H groups in total. The van der Waals surface area contributed by atoms with E-state index in [0.29, 0.717) is 38.2 Å². The van der Waals surface area contributed by atoms with Crippen molar-refractivity contribution in [3.8, 4) is 0 Å². The minimum atomic E-state index is -0.639. The highest BCUT2D eigenvalue weighted by Gasteiger charge is 2.23. The van der Waals surface area contributed by atoms with E-state index in [1.165, 1.54) is 0 Å². The van der Waals surface area contributed by atoms with Gasteiger partial charge in [-0.3, -0.25) is 9.48 Å². The van der Waals surface area contributed by atoms with Crippen LogP contribution in [0.15, 0.2) is 55.1 Å². The molecule has 1 aliphatic rings. The SMILES string of the molecule is O=C(CCCn1ccnc1)N1CCn2nc([C@@H](O)Cc3ccccc3)cc2C1. The van der Waals surface area contributed by atoms with Crippen LogP contribution in [0.3, 0.4) is 0 Å². The Kier molecular flexibility index (Phi) is 5.53. The van der Waals surface area contributed by atoms with E-state index in [1.807, 2.05) is 56.7 Å². The molecule has 1 amide bonds. The summed E-state index contributed by atoms with van der Waals surface area (Å²) in [6, 6.07) is 11.8. The lowest BCUT2D eigenvalue weighted by molar-refractivity contribution is -0.132. The molecule has 0 spiro atoms. The van der Waals surface area contributed by atoms with Crippen LogP contribution in [0.2, 0.25) is 0 Å². The second-order valence-corrected chi connectivity index (χ2v) is 7.21. The molecule has 146 valence electrons. The summed E-state index contributed by atoms with van der Waals surface area (Å²) in [5, 5.41) is 15.1. The van der Waals surface area contributed by atoms with Gasteiger partial charge in [-0.2, -0.15) is 5.10 Å². The van der Waals surface area contributed by atoms with E-state index in [2.05, 4.69) is 10.1 Å². The molecule has 1 aromatic carbocycles. The average Bonchev–Trinajstić information content (AvgIpc) is 3.37. The van der Waals surface area contributed by atoms with Crippen LogP contribution in [-0.2, 0) is 30.8 Å². The van der Waals surface area contributed by atoms with Crippen molar-refractivity contribution in [2.24, 2.45) is 0 Å². The fourth-order valence-electron chi connectivity index (χ4n) is 3.60. The Morgan fingerprint density at radius 1 is 1.21 bits per heavy atom. The Morgan fingerprint density at radius 3 is 2.86 bits per heavy atom. The number of hydrogen-bond acceptors (Lipinski definition) is 4. The van der Waals surface area contributed by atoms with Crippen molar-refractivity contribution in [2.45, 2.75) is 45.0 Å². The smallest absolute Gasteiger partial charge is 0.223 e. The first-order chi connectivity index (χ1) is 13.7. The topological polar surface area (TPSA) is 76.2 Å². The quantitative estimate of drug-likeness (QED) is 0.683. The maximum absolute atomic E-state index is 12.5. The molecular formula is C21H25N5O2. The third-order valence-electron chi connectivity index (χ3n) is 5.15. The first-order valence-electron chi connectivity index (χ1n) is 9.71. The number of aliphatic hydroxyl groups is 1. The second kappa shape index (κ2) is 8.39. The van der Waals surface area contributed by atoms with Crippen LogP contribution in [0.5, 0.6) is 0 Å². The van der Waals surface area contributed by atoms with Crippen molar-refractivity contribution >= 4 is 5.91 Å². The molecule has 7 nitrogen and oxygen atoms in total. The first kappa shape index (κ1) is 18.4. The second-order valence-electron chi connectivity index (χ2n) is 7.21. The Hall–Kier alpha value is -2.93. The third-order valence-corrected chi connectivity index (χ3v) is 5.15. The van der Waals surface area contributed by atoms with Gasteiger partial charge in [-0.1, -0.05) is 30.3 Å². The van der Waals surface area contributed by atoms with E-state index in [-0.39, 0.29) is 5.91 Å². The lowest BCUT2D eigenvalue weighted by Crippen LogP contribution is -2.38. The number of nitrogens with zero attached hydrogens (tertiary/aromatic N) is 5. The molecule has 1 aliphatic heterocycles. The fraction of sp³-hybridized carbons (Fsp3) is 0.381. The summed E-state index contributed by atoms with van der Waals surface area (Å²) in [5.41, 5.74) is 2.74. The summed E-state index contributed by atoms with van der Waals surface area (Å²) >= 11 is 0. The molecular weight excluding hydrogens is 354 g/mol. The zero-order chi connectivity index (χ0) is 19.3. The van der Waals surface area contributed by atoms with Crippen LogP contribution < -0.4 is 0 Å². The molecule has 0 unspecified atom stereocenters. The van der Waals surface area contributed by atoms with E-state index < -0.39 is 6.10 Å². The van der Waals surface area contributed by atoms with Crippen molar-refractivity contribution in [3.63, 3.8) is 0 Å². The number of amides is 1. The van der Waals surface area contributed by atoms with Gasteiger partial charge in [0.2, 0.25) is 5.91 Å². The normalized spacial score (nSPS) is 14.7. The Morgan fingerprint density at radius 2 is 2.07 bits per heavy atom. The van der Waals surface area contributed by atoms with Crippen LogP contribution in [0, 0.1) is 0 Å². The van der Waals surface area contributed by atoms with Crippen molar-refractivity contribution in [2.75, 3.05) is 6.54 Å². The lowest BCUT2D eigenvalue weighted by atomic mass is 10.1. The Bertz CT molecular complexity index is 904. The molecule has 0 saturated carbocycles. The van der Waals surface area contributed by atoms with Gasteiger partial charge in [0.15, 0.2) is 0 Å². The van der Waals surface area contributed by atoms with E-state index in [4.69, 9.17) is 0 Å². The average molecular weight is 379 g/mol. The number of imidazole rings is 1. The lowest BCUT2D eigenvalue weighted by Gasteiger charge is -2.27. The number of aromatic nitrogens is 4. The van der Waals surface area contributed by atoms with E-state index in [1.54, 1.807) is 12.5 Å². The highest BCUT2D eigenvalue weighted by molar-refractivity contribution is 5.76. The summed E-state index contributed by atoms with van der Waals surface area (Å²) in [7, 11) is 0. The highest BCUT2D eigenvalue weighted by atomic mass is 16.3. The van der Waals surface area contributed by atoms with Gasteiger partial charge in [-0.15, -0.1) is 0 Å². The minimum absolute atomic E-state index is 0.166. The zero-order valence-corrected chi connectivity index (χ0v) is 15.8. The number of fused-ring (bicyclic) bond motifs is 1. The number of aryl methyl sites for hydroxylation is 1. The number of benzene rings is 1. The molecule has 0 radical (unpaired) electrons. The monoisotopic (exact) mass is 379 g/mol. The summed E-state index contributed by atoms with van der Waals surface area (Å²) in [6.45, 7) is 2.68. The molecule has 3 aromatic rings. The van der Waals surface area contributed by atoms with Crippen molar-refractivity contribution < 1.29 is 9.90 Å².